The molecule has 0 amide bonds. The number of thiazole rings is 1. The lowest BCUT2D eigenvalue weighted by Gasteiger charge is -2.09. The topological polar surface area (TPSA) is 43.6 Å². The highest BCUT2D eigenvalue weighted by Gasteiger charge is 2.11. The normalized spacial score (nSPS) is 12.1. The molecule has 0 bridgehead atoms. The second-order valence-electron chi connectivity index (χ2n) is 6.74. The van der Waals surface area contributed by atoms with Crippen LogP contribution in [0.15, 0.2) is 76.0 Å². The zero-order valence-corrected chi connectivity index (χ0v) is 17.9. The summed E-state index contributed by atoms with van der Waals surface area (Å²) in [5.74, 6) is 0.356. The maximum atomic E-state index is 13.3. The fourth-order valence-corrected chi connectivity index (χ4v) is 4.77. The van der Waals surface area contributed by atoms with Crippen molar-refractivity contribution in [3.8, 4) is 5.75 Å². The van der Waals surface area contributed by atoms with Crippen LogP contribution >= 0.6 is 27.3 Å². The van der Waals surface area contributed by atoms with Crippen LogP contribution < -0.4 is 14.8 Å². The largest absolute Gasteiger partial charge is 0.488 e. The SMILES string of the molecule is O=c1/c(=C/c2ccc(OCc3cccc(F)c3)c(Br)c2)sc2nc3ccccc3n12. The summed E-state index contributed by atoms with van der Waals surface area (Å²) in [7, 11) is 0. The van der Waals surface area contributed by atoms with Crippen molar-refractivity contribution in [2.45, 2.75) is 6.61 Å². The van der Waals surface area contributed by atoms with E-state index in [1.54, 1.807) is 10.5 Å². The molecule has 5 aromatic rings. The molecule has 0 aliphatic carbocycles. The Morgan fingerprint density at radius 1 is 1.10 bits per heavy atom. The highest BCUT2D eigenvalue weighted by molar-refractivity contribution is 9.10. The summed E-state index contributed by atoms with van der Waals surface area (Å²) in [5, 5.41) is 0. The van der Waals surface area contributed by atoms with Gasteiger partial charge in [0.15, 0.2) is 4.96 Å². The van der Waals surface area contributed by atoms with Crippen LogP contribution in [-0.4, -0.2) is 9.38 Å². The minimum atomic E-state index is -0.288. The molecule has 0 aliphatic heterocycles. The Hall–Kier alpha value is -3.03. The minimum absolute atomic E-state index is 0.0775. The van der Waals surface area contributed by atoms with Gasteiger partial charge in [-0.2, -0.15) is 0 Å². The summed E-state index contributed by atoms with van der Waals surface area (Å²) in [5.41, 5.74) is 3.17. The Bertz CT molecular complexity index is 1510. The number of hydrogen-bond acceptors (Lipinski definition) is 4. The van der Waals surface area contributed by atoms with E-state index in [1.807, 2.05) is 54.6 Å². The molecule has 0 atom stereocenters. The summed E-state index contributed by atoms with van der Waals surface area (Å²) in [6.07, 6.45) is 1.84. The third-order valence-electron chi connectivity index (χ3n) is 4.68. The molecule has 0 unspecified atom stereocenters. The van der Waals surface area contributed by atoms with Crippen LogP contribution in [0.1, 0.15) is 11.1 Å². The van der Waals surface area contributed by atoms with E-state index in [4.69, 9.17) is 4.74 Å². The van der Waals surface area contributed by atoms with Crippen LogP contribution in [0.2, 0.25) is 0 Å². The average Bonchev–Trinajstić information content (AvgIpc) is 3.24. The number of ether oxygens (including phenoxy) is 1. The summed E-state index contributed by atoms with van der Waals surface area (Å²) < 4.78 is 22.1. The van der Waals surface area contributed by atoms with Crippen LogP contribution in [0.4, 0.5) is 4.39 Å². The van der Waals surface area contributed by atoms with Gasteiger partial charge >= 0.3 is 0 Å². The zero-order valence-electron chi connectivity index (χ0n) is 15.5. The van der Waals surface area contributed by atoms with E-state index in [-0.39, 0.29) is 18.0 Å². The Kier molecular flexibility index (Phi) is 4.84. The summed E-state index contributed by atoms with van der Waals surface area (Å²) >= 11 is 4.88. The molecule has 0 fully saturated rings. The van der Waals surface area contributed by atoms with Gasteiger partial charge in [-0.15, -0.1) is 0 Å². The first-order valence-corrected chi connectivity index (χ1v) is 10.8. The van der Waals surface area contributed by atoms with Crippen LogP contribution in [0.3, 0.4) is 0 Å². The standard InChI is InChI=1S/C23H14BrFN2O2S/c24-17-11-14(8-9-20(17)29-13-15-4-3-5-16(25)10-15)12-21-22(28)27-19-7-2-1-6-18(19)26-23(27)30-21/h1-12H,13H2/b21-12-. The number of imidazole rings is 1. The Morgan fingerprint density at radius 2 is 1.97 bits per heavy atom. The number of hydrogen-bond donors (Lipinski definition) is 0. The fourth-order valence-electron chi connectivity index (χ4n) is 3.28. The third kappa shape index (κ3) is 3.51. The number of benzene rings is 3. The highest BCUT2D eigenvalue weighted by atomic mass is 79.9. The van der Waals surface area contributed by atoms with Crippen molar-refractivity contribution in [2.75, 3.05) is 0 Å². The first kappa shape index (κ1) is 19.0. The van der Waals surface area contributed by atoms with Crippen LogP contribution in [0.25, 0.3) is 22.1 Å². The van der Waals surface area contributed by atoms with Crippen molar-refractivity contribution in [1.29, 1.82) is 0 Å². The van der Waals surface area contributed by atoms with E-state index in [0.29, 0.717) is 15.2 Å². The molecule has 3 aromatic carbocycles. The summed E-state index contributed by atoms with van der Waals surface area (Å²) in [6, 6.07) is 19.5. The number of nitrogens with zero attached hydrogens (tertiary/aromatic N) is 2. The molecule has 0 spiro atoms. The number of halogens is 2. The molecule has 0 radical (unpaired) electrons. The molecule has 30 heavy (non-hydrogen) atoms. The van der Waals surface area contributed by atoms with Gasteiger partial charge in [0, 0.05) is 0 Å². The molecule has 5 rings (SSSR count). The van der Waals surface area contributed by atoms with Crippen molar-refractivity contribution in [3.05, 3.63) is 103 Å². The summed E-state index contributed by atoms with van der Waals surface area (Å²) in [4.78, 5) is 18.1. The lowest BCUT2D eigenvalue weighted by atomic mass is 10.2. The van der Waals surface area contributed by atoms with E-state index >= 15 is 0 Å². The molecule has 148 valence electrons. The van der Waals surface area contributed by atoms with Gasteiger partial charge in [-0.1, -0.05) is 41.7 Å². The maximum Gasteiger partial charge on any atom is 0.274 e. The average molecular weight is 481 g/mol. The van der Waals surface area contributed by atoms with E-state index in [9.17, 15) is 9.18 Å². The van der Waals surface area contributed by atoms with Gasteiger partial charge in [-0.25, -0.2) is 13.8 Å². The number of fused-ring (bicyclic) bond motifs is 3. The maximum absolute atomic E-state index is 13.3. The number of para-hydroxylation sites is 2. The number of aromatic nitrogens is 2. The first-order valence-electron chi connectivity index (χ1n) is 9.17. The van der Waals surface area contributed by atoms with E-state index in [0.717, 1.165) is 26.6 Å². The predicted octanol–water partition coefficient (Wildman–Crippen LogP) is 4.94. The van der Waals surface area contributed by atoms with Crippen LogP contribution in [-0.2, 0) is 6.61 Å². The van der Waals surface area contributed by atoms with Crippen molar-refractivity contribution in [2.24, 2.45) is 0 Å². The van der Waals surface area contributed by atoms with Gasteiger partial charge < -0.3 is 4.74 Å². The minimum Gasteiger partial charge on any atom is -0.488 e. The van der Waals surface area contributed by atoms with E-state index in [1.165, 1.54) is 23.5 Å². The van der Waals surface area contributed by atoms with Crippen LogP contribution in [0.5, 0.6) is 5.75 Å². The second kappa shape index (κ2) is 7.66. The molecule has 0 saturated heterocycles. The lowest BCUT2D eigenvalue weighted by molar-refractivity contribution is 0.303. The molecular weight excluding hydrogens is 467 g/mol. The van der Waals surface area contributed by atoms with Gasteiger partial charge in [-0.3, -0.25) is 4.79 Å². The lowest BCUT2D eigenvalue weighted by Crippen LogP contribution is -2.22. The van der Waals surface area contributed by atoms with Crippen molar-refractivity contribution in [1.82, 2.24) is 9.38 Å². The molecule has 7 heteroatoms. The Balaban J connectivity index is 1.45. The predicted molar refractivity (Wildman–Crippen MR) is 121 cm³/mol. The Morgan fingerprint density at radius 3 is 2.80 bits per heavy atom. The second-order valence-corrected chi connectivity index (χ2v) is 8.61. The molecule has 4 nitrogen and oxygen atoms in total. The zero-order chi connectivity index (χ0) is 20.7. The molecule has 2 aromatic heterocycles. The van der Waals surface area contributed by atoms with Gasteiger partial charge in [0.05, 0.1) is 20.0 Å². The van der Waals surface area contributed by atoms with Crippen molar-refractivity contribution < 1.29 is 9.13 Å². The molecule has 0 aliphatic rings. The molecule has 0 N–H and O–H groups in total. The van der Waals surface area contributed by atoms with Gasteiger partial charge in [-0.05, 0) is 69.5 Å². The molecule has 2 heterocycles. The van der Waals surface area contributed by atoms with Gasteiger partial charge in [0.1, 0.15) is 18.2 Å². The van der Waals surface area contributed by atoms with Gasteiger partial charge in [0.2, 0.25) is 0 Å². The van der Waals surface area contributed by atoms with E-state index < -0.39 is 0 Å². The third-order valence-corrected chi connectivity index (χ3v) is 6.27. The van der Waals surface area contributed by atoms with Crippen LogP contribution in [0, 0.1) is 5.82 Å². The van der Waals surface area contributed by atoms with Crippen molar-refractivity contribution in [3.63, 3.8) is 0 Å². The van der Waals surface area contributed by atoms with Crippen molar-refractivity contribution >= 4 is 49.3 Å². The Labute approximate surface area is 183 Å². The highest BCUT2D eigenvalue weighted by Crippen LogP contribution is 2.27. The quantitative estimate of drug-likeness (QED) is 0.366. The van der Waals surface area contributed by atoms with Gasteiger partial charge in [0.25, 0.3) is 5.56 Å². The smallest absolute Gasteiger partial charge is 0.274 e. The van der Waals surface area contributed by atoms with E-state index in [2.05, 4.69) is 20.9 Å². The fraction of sp³-hybridized carbons (Fsp3) is 0.0435. The first-order chi connectivity index (χ1) is 14.6. The number of rotatable bonds is 4. The molecule has 0 saturated carbocycles. The monoisotopic (exact) mass is 480 g/mol. The summed E-state index contributed by atoms with van der Waals surface area (Å²) in [6.45, 7) is 0.263. The molecular formula is C23H14BrFN2O2S.